The molecule has 2 aromatic rings. The van der Waals surface area contributed by atoms with Crippen molar-refractivity contribution in [3.63, 3.8) is 0 Å². The van der Waals surface area contributed by atoms with Crippen LogP contribution in [0.25, 0.3) is 0 Å². The molecule has 110 valence electrons. The predicted octanol–water partition coefficient (Wildman–Crippen LogP) is 1.51. The van der Waals surface area contributed by atoms with Gasteiger partial charge < -0.3 is 15.1 Å². The number of amides is 2. The molecule has 0 aliphatic heterocycles. The summed E-state index contributed by atoms with van der Waals surface area (Å²) >= 11 is 0. The third kappa shape index (κ3) is 4.76. The average Bonchev–Trinajstić information content (AvgIpc) is 3.00. The fourth-order valence-corrected chi connectivity index (χ4v) is 1.72. The molecule has 2 amide bonds. The minimum atomic E-state index is -0.334. The molecule has 1 heterocycles. The monoisotopic (exact) mass is 290 g/mol. The van der Waals surface area contributed by atoms with Crippen molar-refractivity contribution >= 4 is 11.8 Å². The van der Waals surface area contributed by atoms with E-state index >= 15 is 0 Å². The Hall–Kier alpha value is -2.63. The summed E-state index contributed by atoms with van der Waals surface area (Å²) in [7, 11) is 0. The molecule has 0 atom stereocenters. The van der Waals surface area contributed by atoms with Crippen molar-refractivity contribution in [2.75, 3.05) is 13.1 Å². The third-order valence-corrected chi connectivity index (χ3v) is 2.76. The van der Waals surface area contributed by atoms with E-state index in [-0.39, 0.29) is 29.8 Å². The predicted molar refractivity (Wildman–Crippen MR) is 74.2 cm³/mol. The van der Waals surface area contributed by atoms with E-state index in [0.29, 0.717) is 13.1 Å². The van der Waals surface area contributed by atoms with Crippen LogP contribution in [0.4, 0.5) is 4.39 Å². The minimum absolute atomic E-state index is 0.173. The van der Waals surface area contributed by atoms with Gasteiger partial charge in [0, 0.05) is 13.1 Å². The lowest BCUT2D eigenvalue weighted by molar-refractivity contribution is -0.120. The Morgan fingerprint density at radius 2 is 1.76 bits per heavy atom. The van der Waals surface area contributed by atoms with E-state index < -0.39 is 0 Å². The summed E-state index contributed by atoms with van der Waals surface area (Å²) in [5.41, 5.74) is 0.730. The lowest BCUT2D eigenvalue weighted by Crippen LogP contribution is -2.35. The summed E-state index contributed by atoms with van der Waals surface area (Å²) in [4.78, 5) is 23.2. The van der Waals surface area contributed by atoms with Gasteiger partial charge in [0.1, 0.15) is 5.82 Å². The highest BCUT2D eigenvalue weighted by Crippen LogP contribution is 2.03. The highest BCUT2D eigenvalue weighted by molar-refractivity contribution is 5.91. The van der Waals surface area contributed by atoms with Gasteiger partial charge in [0.05, 0.1) is 12.7 Å². The molecule has 0 fully saturated rings. The maximum absolute atomic E-state index is 12.7. The second kappa shape index (κ2) is 7.23. The molecule has 21 heavy (non-hydrogen) atoms. The number of carbonyl (C=O) groups excluding carboxylic acids is 2. The Balaban J connectivity index is 1.65. The molecule has 0 saturated carbocycles. The minimum Gasteiger partial charge on any atom is -0.459 e. The number of benzene rings is 1. The maximum atomic E-state index is 12.7. The molecule has 2 N–H and O–H groups in total. The maximum Gasteiger partial charge on any atom is 0.287 e. The van der Waals surface area contributed by atoms with Gasteiger partial charge in [-0.2, -0.15) is 0 Å². The second-order valence-electron chi connectivity index (χ2n) is 4.39. The summed E-state index contributed by atoms with van der Waals surface area (Å²) in [6, 6.07) is 8.93. The summed E-state index contributed by atoms with van der Waals surface area (Å²) < 4.78 is 17.6. The zero-order valence-electron chi connectivity index (χ0n) is 11.3. The Morgan fingerprint density at radius 1 is 1.05 bits per heavy atom. The molecule has 0 saturated heterocycles. The quantitative estimate of drug-likeness (QED) is 0.792. The highest BCUT2D eigenvalue weighted by atomic mass is 19.1. The molecule has 0 aliphatic rings. The first kappa shape index (κ1) is 14.8. The first-order chi connectivity index (χ1) is 10.1. The van der Waals surface area contributed by atoms with E-state index in [2.05, 4.69) is 10.6 Å². The van der Waals surface area contributed by atoms with Crippen molar-refractivity contribution in [2.24, 2.45) is 0 Å². The summed E-state index contributed by atoms with van der Waals surface area (Å²) in [5, 5.41) is 5.28. The number of carbonyl (C=O) groups is 2. The van der Waals surface area contributed by atoms with Crippen molar-refractivity contribution in [1.82, 2.24) is 10.6 Å². The zero-order valence-corrected chi connectivity index (χ0v) is 11.3. The van der Waals surface area contributed by atoms with E-state index in [0.717, 1.165) is 5.56 Å². The largest absolute Gasteiger partial charge is 0.459 e. The summed E-state index contributed by atoms with van der Waals surface area (Å²) in [5.74, 6) is -0.617. The van der Waals surface area contributed by atoms with Gasteiger partial charge in [-0.25, -0.2) is 4.39 Å². The molecule has 0 unspecified atom stereocenters. The lowest BCUT2D eigenvalue weighted by Gasteiger charge is -2.06. The standard InChI is InChI=1S/C15H15FN2O3/c16-12-5-3-11(4-6-12)10-14(19)17-7-8-18-15(20)13-2-1-9-21-13/h1-6,9H,7-8,10H2,(H,17,19)(H,18,20). The van der Waals surface area contributed by atoms with E-state index in [4.69, 9.17) is 4.42 Å². The SMILES string of the molecule is O=C(Cc1ccc(F)cc1)NCCNC(=O)c1ccco1. The topological polar surface area (TPSA) is 71.3 Å². The van der Waals surface area contributed by atoms with Crippen LogP contribution < -0.4 is 10.6 Å². The molecule has 0 spiro atoms. The zero-order chi connectivity index (χ0) is 15.1. The summed E-state index contributed by atoms with van der Waals surface area (Å²) in [6.07, 6.45) is 1.59. The van der Waals surface area contributed by atoms with Gasteiger partial charge in [-0.1, -0.05) is 12.1 Å². The number of hydrogen-bond acceptors (Lipinski definition) is 3. The van der Waals surface area contributed by atoms with Crippen LogP contribution in [0.3, 0.4) is 0 Å². The highest BCUT2D eigenvalue weighted by Gasteiger charge is 2.07. The number of furan rings is 1. The molecule has 0 bridgehead atoms. The first-order valence-electron chi connectivity index (χ1n) is 6.48. The van der Waals surface area contributed by atoms with Gasteiger partial charge >= 0.3 is 0 Å². The van der Waals surface area contributed by atoms with Gasteiger partial charge in [-0.05, 0) is 29.8 Å². The number of rotatable bonds is 6. The van der Waals surface area contributed by atoms with Crippen molar-refractivity contribution in [2.45, 2.75) is 6.42 Å². The van der Waals surface area contributed by atoms with Crippen LogP contribution in [0.15, 0.2) is 47.1 Å². The van der Waals surface area contributed by atoms with Crippen LogP contribution in [0.1, 0.15) is 16.1 Å². The molecular weight excluding hydrogens is 275 g/mol. The van der Waals surface area contributed by atoms with E-state index in [9.17, 15) is 14.0 Å². The van der Waals surface area contributed by atoms with E-state index in [1.807, 2.05) is 0 Å². The molecule has 0 aliphatic carbocycles. The lowest BCUT2D eigenvalue weighted by atomic mass is 10.1. The smallest absolute Gasteiger partial charge is 0.287 e. The molecule has 1 aromatic heterocycles. The first-order valence-corrected chi connectivity index (χ1v) is 6.48. The van der Waals surface area contributed by atoms with Gasteiger partial charge in [-0.3, -0.25) is 9.59 Å². The fraction of sp³-hybridized carbons (Fsp3) is 0.200. The molecule has 2 rings (SSSR count). The van der Waals surface area contributed by atoms with Gasteiger partial charge in [-0.15, -0.1) is 0 Å². The second-order valence-corrected chi connectivity index (χ2v) is 4.39. The van der Waals surface area contributed by atoms with Crippen molar-refractivity contribution < 1.29 is 18.4 Å². The number of hydrogen-bond donors (Lipinski definition) is 2. The van der Waals surface area contributed by atoms with Gasteiger partial charge in [0.15, 0.2) is 5.76 Å². The van der Waals surface area contributed by atoms with Crippen molar-refractivity contribution in [3.05, 3.63) is 59.8 Å². The average molecular weight is 290 g/mol. The molecule has 0 radical (unpaired) electrons. The van der Waals surface area contributed by atoms with Crippen LogP contribution >= 0.6 is 0 Å². The van der Waals surface area contributed by atoms with Crippen LogP contribution in [0.2, 0.25) is 0 Å². The van der Waals surface area contributed by atoms with Crippen LogP contribution in [-0.2, 0) is 11.2 Å². The molecular formula is C15H15FN2O3. The third-order valence-electron chi connectivity index (χ3n) is 2.76. The van der Waals surface area contributed by atoms with Gasteiger partial charge in [0.25, 0.3) is 5.91 Å². The fourth-order valence-electron chi connectivity index (χ4n) is 1.72. The van der Waals surface area contributed by atoms with Crippen LogP contribution in [0, 0.1) is 5.82 Å². The normalized spacial score (nSPS) is 10.1. The molecule has 5 nitrogen and oxygen atoms in total. The summed E-state index contributed by atoms with van der Waals surface area (Å²) in [6.45, 7) is 0.612. The molecule has 6 heteroatoms. The molecule has 1 aromatic carbocycles. The Bertz CT molecular complexity index is 594. The van der Waals surface area contributed by atoms with E-state index in [1.165, 1.54) is 18.4 Å². The number of nitrogens with one attached hydrogen (secondary N) is 2. The Morgan fingerprint density at radius 3 is 2.43 bits per heavy atom. The Labute approximate surface area is 121 Å². The van der Waals surface area contributed by atoms with Gasteiger partial charge in [0.2, 0.25) is 5.91 Å². The van der Waals surface area contributed by atoms with Crippen molar-refractivity contribution in [1.29, 1.82) is 0 Å². The van der Waals surface area contributed by atoms with Crippen LogP contribution in [-0.4, -0.2) is 24.9 Å². The Kier molecular flexibility index (Phi) is 5.09. The van der Waals surface area contributed by atoms with Crippen LogP contribution in [0.5, 0.6) is 0 Å². The van der Waals surface area contributed by atoms with Crippen molar-refractivity contribution in [3.8, 4) is 0 Å². The van der Waals surface area contributed by atoms with E-state index in [1.54, 1.807) is 24.3 Å². The number of halogens is 1.